The number of aliphatic hydroxyl groups is 1. The van der Waals surface area contributed by atoms with Crippen molar-refractivity contribution in [2.45, 2.75) is 38.8 Å². The minimum atomic E-state index is -0.260. The van der Waals surface area contributed by atoms with Gasteiger partial charge in [0.15, 0.2) is 0 Å². The van der Waals surface area contributed by atoms with E-state index in [9.17, 15) is 5.11 Å². The van der Waals surface area contributed by atoms with Crippen molar-refractivity contribution in [3.8, 4) is 0 Å². The molecule has 4 N–H and O–H groups in total. The number of nitrogens with one attached hydrogen (secondary N) is 1. The summed E-state index contributed by atoms with van der Waals surface area (Å²) in [6.07, 6.45) is 1.20. The second-order valence-corrected chi connectivity index (χ2v) is 3.12. The van der Waals surface area contributed by atoms with Gasteiger partial charge in [0.2, 0.25) is 0 Å². The zero-order valence-corrected chi connectivity index (χ0v) is 10.8. The molecular formula is C8H19N2OY-. The fourth-order valence-electron chi connectivity index (χ4n) is 0.992. The Morgan fingerprint density at radius 1 is 1.50 bits per heavy atom. The van der Waals surface area contributed by atoms with Gasteiger partial charge in [-0.1, -0.05) is 19.8 Å². The first kappa shape index (κ1) is 15.5. The maximum atomic E-state index is 9.25. The predicted molar refractivity (Wildman–Crippen MR) is 47.2 cm³/mol. The molecule has 71 valence electrons. The third-order valence-electron chi connectivity index (χ3n) is 2.06. The molecule has 0 aliphatic heterocycles. The van der Waals surface area contributed by atoms with E-state index in [1.165, 1.54) is 0 Å². The third-order valence-corrected chi connectivity index (χ3v) is 2.06. The van der Waals surface area contributed by atoms with Gasteiger partial charge in [-0.2, -0.15) is 0 Å². The van der Waals surface area contributed by atoms with Gasteiger partial charge in [-0.3, -0.25) is 0 Å². The summed E-state index contributed by atoms with van der Waals surface area (Å²) < 4.78 is 0. The number of aliphatic hydroxyl groups excluding tert-OH is 1. The van der Waals surface area contributed by atoms with Crippen molar-refractivity contribution in [3.05, 3.63) is 5.73 Å². The first-order chi connectivity index (χ1) is 5.11. The van der Waals surface area contributed by atoms with Crippen molar-refractivity contribution in [1.82, 2.24) is 0 Å². The van der Waals surface area contributed by atoms with E-state index in [0.29, 0.717) is 13.0 Å². The molecule has 0 fully saturated rings. The Hall–Kier alpha value is 0.984. The summed E-state index contributed by atoms with van der Waals surface area (Å²) in [4.78, 5) is 0. The largest absolute Gasteiger partial charge is 0.673 e. The second-order valence-electron chi connectivity index (χ2n) is 3.12. The molecule has 0 aromatic carbocycles. The van der Waals surface area contributed by atoms with Gasteiger partial charge >= 0.3 is 0 Å². The Morgan fingerprint density at radius 2 is 2.00 bits per heavy atom. The summed E-state index contributed by atoms with van der Waals surface area (Å²) >= 11 is 0. The third kappa shape index (κ3) is 6.49. The molecular weight excluding hydrogens is 229 g/mol. The van der Waals surface area contributed by atoms with Crippen molar-refractivity contribution in [1.29, 1.82) is 0 Å². The zero-order valence-electron chi connectivity index (χ0n) is 7.96. The maximum Gasteiger partial charge on any atom is 0.0539 e. The average molecular weight is 248 g/mol. The smallest absolute Gasteiger partial charge is 0.0539 e. The molecule has 0 saturated heterocycles. The fourth-order valence-corrected chi connectivity index (χ4v) is 0.992. The molecule has 3 unspecified atom stereocenters. The van der Waals surface area contributed by atoms with Gasteiger partial charge in [0.05, 0.1) is 6.10 Å². The van der Waals surface area contributed by atoms with Crippen LogP contribution in [-0.2, 0) is 32.7 Å². The molecule has 0 spiro atoms. The van der Waals surface area contributed by atoms with Gasteiger partial charge in [0.25, 0.3) is 0 Å². The monoisotopic (exact) mass is 248 g/mol. The van der Waals surface area contributed by atoms with Gasteiger partial charge in [-0.25, -0.2) is 0 Å². The Balaban J connectivity index is 0. The predicted octanol–water partition coefficient (Wildman–Crippen LogP) is 1.16. The van der Waals surface area contributed by atoms with E-state index >= 15 is 0 Å². The Kier molecular flexibility index (Phi) is 11.0. The quantitative estimate of drug-likeness (QED) is 0.766. The van der Waals surface area contributed by atoms with Gasteiger partial charge in [0, 0.05) is 32.7 Å². The van der Waals surface area contributed by atoms with Crippen LogP contribution in [0.1, 0.15) is 26.7 Å². The molecule has 0 rings (SSSR count). The summed E-state index contributed by atoms with van der Waals surface area (Å²) in [6.45, 7) is 4.29. The SMILES string of the molecule is CCC(O)CC(C)C([NH-])CN.[Y]. The van der Waals surface area contributed by atoms with Crippen molar-refractivity contribution in [2.75, 3.05) is 6.54 Å². The van der Waals surface area contributed by atoms with Crippen LogP contribution >= 0.6 is 0 Å². The average Bonchev–Trinajstić information content (AvgIpc) is 2.02. The maximum absolute atomic E-state index is 9.25. The van der Waals surface area contributed by atoms with Crippen LogP contribution in [0.2, 0.25) is 0 Å². The van der Waals surface area contributed by atoms with Crippen molar-refractivity contribution >= 4 is 0 Å². The zero-order chi connectivity index (χ0) is 8.85. The molecule has 1 radical (unpaired) electrons. The molecule has 0 aromatic rings. The van der Waals surface area contributed by atoms with E-state index in [1.54, 1.807) is 0 Å². The summed E-state index contributed by atoms with van der Waals surface area (Å²) in [7, 11) is 0. The summed E-state index contributed by atoms with van der Waals surface area (Å²) in [6, 6.07) is -0.226. The van der Waals surface area contributed by atoms with Gasteiger partial charge < -0.3 is 16.6 Å². The minimum absolute atomic E-state index is 0. The summed E-state index contributed by atoms with van der Waals surface area (Å²) in [5.41, 5.74) is 12.8. The van der Waals surface area contributed by atoms with Gasteiger partial charge in [0.1, 0.15) is 0 Å². The van der Waals surface area contributed by atoms with Crippen LogP contribution in [0, 0.1) is 5.92 Å². The van der Waals surface area contributed by atoms with Crippen LogP contribution in [0.15, 0.2) is 0 Å². The first-order valence-corrected chi connectivity index (χ1v) is 4.21. The molecule has 0 saturated carbocycles. The fraction of sp³-hybridized carbons (Fsp3) is 1.00. The number of nitrogens with two attached hydrogens (primary N) is 1. The topological polar surface area (TPSA) is 70.0 Å². The Labute approximate surface area is 100 Å². The number of hydrogen-bond donors (Lipinski definition) is 2. The molecule has 12 heavy (non-hydrogen) atoms. The van der Waals surface area contributed by atoms with E-state index in [2.05, 4.69) is 0 Å². The van der Waals surface area contributed by atoms with E-state index < -0.39 is 0 Å². The Morgan fingerprint density at radius 3 is 2.33 bits per heavy atom. The van der Waals surface area contributed by atoms with Crippen LogP contribution in [0.3, 0.4) is 0 Å². The van der Waals surface area contributed by atoms with E-state index in [-0.39, 0.29) is 50.8 Å². The molecule has 0 aliphatic rings. The van der Waals surface area contributed by atoms with Crippen LogP contribution in [0.5, 0.6) is 0 Å². The number of rotatable bonds is 5. The van der Waals surface area contributed by atoms with Crippen molar-refractivity contribution in [3.63, 3.8) is 0 Å². The normalized spacial score (nSPS) is 17.8. The standard InChI is InChI=1S/C8H19N2O.Y/c1-3-7(11)4-6(2)8(10)5-9;/h6-8,10-11H,3-5,9H2,1-2H3;/q-1;. The summed E-state index contributed by atoms with van der Waals surface area (Å²) in [5.74, 6) is 0.204. The molecule has 4 heteroatoms. The molecule has 3 nitrogen and oxygen atoms in total. The number of hydrogen-bond acceptors (Lipinski definition) is 2. The molecule has 0 aromatic heterocycles. The molecule has 3 atom stereocenters. The molecule has 0 heterocycles. The van der Waals surface area contributed by atoms with Crippen LogP contribution < -0.4 is 5.73 Å². The van der Waals surface area contributed by atoms with Crippen LogP contribution in [-0.4, -0.2) is 23.8 Å². The summed E-state index contributed by atoms with van der Waals surface area (Å²) in [5, 5.41) is 9.25. The second kappa shape index (κ2) is 8.58. The molecule has 0 bridgehead atoms. The van der Waals surface area contributed by atoms with Crippen molar-refractivity contribution in [2.24, 2.45) is 11.7 Å². The van der Waals surface area contributed by atoms with E-state index in [4.69, 9.17) is 11.5 Å². The van der Waals surface area contributed by atoms with Crippen LogP contribution in [0.4, 0.5) is 0 Å². The van der Waals surface area contributed by atoms with Crippen LogP contribution in [0.25, 0.3) is 5.73 Å². The Bertz CT molecular complexity index is 103. The van der Waals surface area contributed by atoms with Crippen molar-refractivity contribution < 1.29 is 37.8 Å². The molecule has 0 amide bonds. The first-order valence-electron chi connectivity index (χ1n) is 4.21. The van der Waals surface area contributed by atoms with Gasteiger partial charge in [-0.15, -0.1) is 6.04 Å². The minimum Gasteiger partial charge on any atom is -0.673 e. The molecule has 0 aliphatic carbocycles. The van der Waals surface area contributed by atoms with E-state index in [0.717, 1.165) is 6.42 Å². The van der Waals surface area contributed by atoms with Gasteiger partial charge in [-0.05, 0) is 19.4 Å². The van der Waals surface area contributed by atoms with E-state index in [1.807, 2.05) is 13.8 Å².